The molecule has 2 aromatic heterocycles. The lowest BCUT2D eigenvalue weighted by atomic mass is 10.4. The number of aryl methyl sites for hydroxylation is 2. The molecule has 2 aromatic rings. The van der Waals surface area contributed by atoms with Gasteiger partial charge in [0.1, 0.15) is 9.88 Å². The molecular weight excluding hydrogens is 338 g/mol. The number of carboxylic acids is 1. The fourth-order valence-electron chi connectivity index (χ4n) is 1.60. The van der Waals surface area contributed by atoms with Gasteiger partial charge in [-0.3, -0.25) is 4.79 Å². The Kier molecular flexibility index (Phi) is 4.27. The Morgan fingerprint density at radius 2 is 2.05 bits per heavy atom. The van der Waals surface area contributed by atoms with E-state index in [9.17, 15) is 18.0 Å². The van der Waals surface area contributed by atoms with E-state index < -0.39 is 20.9 Å². The minimum Gasteiger partial charge on any atom is -0.477 e. The first kappa shape index (κ1) is 15.8. The number of carboxylic acid groups (broad SMARTS) is 1. The molecule has 0 saturated heterocycles. The molecule has 0 aliphatic heterocycles. The molecule has 0 amide bonds. The van der Waals surface area contributed by atoms with E-state index in [-0.39, 0.29) is 21.3 Å². The Balaban J connectivity index is 2.19. The predicted molar refractivity (Wildman–Crippen MR) is 77.5 cm³/mol. The van der Waals surface area contributed by atoms with E-state index in [1.165, 1.54) is 6.92 Å². The van der Waals surface area contributed by atoms with Crippen molar-refractivity contribution in [2.24, 2.45) is 0 Å². The maximum Gasteiger partial charge on any atom is 0.347 e. The number of thiazole rings is 2. The Morgan fingerprint density at radius 3 is 2.52 bits per heavy atom. The summed E-state index contributed by atoms with van der Waals surface area (Å²) in [6.45, 7) is 2.90. The van der Waals surface area contributed by atoms with Crippen LogP contribution in [0.2, 0.25) is 0 Å². The van der Waals surface area contributed by atoms with Crippen LogP contribution in [-0.4, -0.2) is 29.5 Å². The zero-order valence-corrected chi connectivity index (χ0v) is 13.4. The van der Waals surface area contributed by atoms with E-state index in [2.05, 4.69) is 14.7 Å². The number of aromatic nitrogens is 2. The number of hydrogen-bond acceptors (Lipinski definition) is 7. The molecule has 3 N–H and O–H groups in total. The zero-order valence-electron chi connectivity index (χ0n) is 11.0. The number of aromatic carboxylic acids is 1. The molecule has 2 heterocycles. The molecule has 2 rings (SSSR count). The monoisotopic (exact) mass is 349 g/mol. The molecule has 0 atom stereocenters. The van der Waals surface area contributed by atoms with Crippen molar-refractivity contribution >= 4 is 38.7 Å². The summed E-state index contributed by atoms with van der Waals surface area (Å²) in [4.78, 5) is 28.1. The fourth-order valence-corrected chi connectivity index (χ4v) is 4.86. The third-order valence-electron chi connectivity index (χ3n) is 2.47. The van der Waals surface area contributed by atoms with Gasteiger partial charge in [-0.1, -0.05) is 11.3 Å². The molecule has 21 heavy (non-hydrogen) atoms. The van der Waals surface area contributed by atoms with Crippen LogP contribution in [0.4, 0.5) is 0 Å². The van der Waals surface area contributed by atoms with Crippen LogP contribution in [0.3, 0.4) is 0 Å². The minimum absolute atomic E-state index is 0.0756. The number of carbonyl (C=O) groups is 1. The standard InChI is InChI=1S/C10H11N3O5S3/c1-4-7(8(14)15)19-6(12-4)3-11-21(17,18)9-5(2)13-10(16)20-9/h11H,3H2,1-2H3,(H,13,16)(H,14,15). The van der Waals surface area contributed by atoms with Crippen molar-refractivity contribution in [2.45, 2.75) is 24.6 Å². The van der Waals surface area contributed by atoms with Crippen LogP contribution in [0.25, 0.3) is 0 Å². The van der Waals surface area contributed by atoms with E-state index in [0.29, 0.717) is 22.0 Å². The van der Waals surface area contributed by atoms with Crippen molar-refractivity contribution in [1.82, 2.24) is 14.7 Å². The largest absolute Gasteiger partial charge is 0.477 e. The van der Waals surface area contributed by atoms with Gasteiger partial charge in [0.2, 0.25) is 0 Å². The Morgan fingerprint density at radius 1 is 1.38 bits per heavy atom. The van der Waals surface area contributed by atoms with Crippen LogP contribution in [0.15, 0.2) is 9.00 Å². The third-order valence-corrected chi connectivity index (χ3v) is 6.63. The number of rotatable bonds is 5. The third kappa shape index (κ3) is 3.37. The molecule has 0 spiro atoms. The molecular formula is C10H11N3O5S3. The Hall–Kier alpha value is -1.56. The molecule has 0 aromatic carbocycles. The van der Waals surface area contributed by atoms with E-state index >= 15 is 0 Å². The number of nitrogens with one attached hydrogen (secondary N) is 2. The quantitative estimate of drug-likeness (QED) is 0.728. The van der Waals surface area contributed by atoms with Crippen LogP contribution in [0.5, 0.6) is 0 Å². The van der Waals surface area contributed by atoms with Gasteiger partial charge >= 0.3 is 10.8 Å². The van der Waals surface area contributed by atoms with Gasteiger partial charge in [0, 0.05) is 5.69 Å². The molecule has 0 saturated carbocycles. The summed E-state index contributed by atoms with van der Waals surface area (Å²) < 4.78 is 26.4. The highest BCUT2D eigenvalue weighted by atomic mass is 32.2. The molecule has 0 radical (unpaired) electrons. The summed E-state index contributed by atoms with van der Waals surface area (Å²) in [7, 11) is -3.84. The van der Waals surface area contributed by atoms with Gasteiger partial charge in [0.25, 0.3) is 10.0 Å². The summed E-state index contributed by atoms with van der Waals surface area (Å²) in [5.74, 6) is -1.10. The lowest BCUT2D eigenvalue weighted by Crippen LogP contribution is -2.23. The molecule has 11 heteroatoms. The van der Waals surface area contributed by atoms with Gasteiger partial charge in [-0.25, -0.2) is 22.9 Å². The fraction of sp³-hybridized carbons (Fsp3) is 0.300. The number of H-pyrrole nitrogens is 1. The van der Waals surface area contributed by atoms with Crippen LogP contribution < -0.4 is 9.60 Å². The minimum atomic E-state index is -3.84. The second kappa shape index (κ2) is 5.67. The summed E-state index contributed by atoms with van der Waals surface area (Å²) in [6, 6.07) is 0. The molecule has 8 nitrogen and oxygen atoms in total. The summed E-state index contributed by atoms with van der Waals surface area (Å²) in [5.41, 5.74) is 0.600. The second-order valence-electron chi connectivity index (χ2n) is 4.08. The maximum atomic E-state index is 12.1. The molecule has 0 unspecified atom stereocenters. The predicted octanol–water partition coefficient (Wildman–Crippen LogP) is 0.686. The van der Waals surface area contributed by atoms with Gasteiger partial charge in [0.15, 0.2) is 4.21 Å². The summed E-state index contributed by atoms with van der Waals surface area (Å²) >= 11 is 1.51. The second-order valence-corrected chi connectivity index (χ2v) is 8.11. The lowest BCUT2D eigenvalue weighted by Gasteiger charge is -2.02. The van der Waals surface area contributed by atoms with Crippen molar-refractivity contribution in [2.75, 3.05) is 0 Å². The smallest absolute Gasteiger partial charge is 0.347 e. The normalized spacial score (nSPS) is 11.7. The number of nitrogens with zero attached hydrogens (tertiary/aromatic N) is 1. The number of aromatic amines is 1. The first-order chi connectivity index (χ1) is 9.70. The average Bonchev–Trinajstić information content (AvgIpc) is 2.90. The van der Waals surface area contributed by atoms with Crippen molar-refractivity contribution < 1.29 is 18.3 Å². The summed E-state index contributed by atoms with van der Waals surface area (Å²) in [6.07, 6.45) is 0. The number of sulfonamides is 1. The van der Waals surface area contributed by atoms with Gasteiger partial charge < -0.3 is 10.1 Å². The van der Waals surface area contributed by atoms with Gasteiger partial charge in [-0.05, 0) is 13.8 Å². The van der Waals surface area contributed by atoms with E-state index in [0.717, 1.165) is 11.3 Å². The van der Waals surface area contributed by atoms with E-state index in [1.54, 1.807) is 6.92 Å². The van der Waals surface area contributed by atoms with Crippen molar-refractivity contribution in [1.29, 1.82) is 0 Å². The van der Waals surface area contributed by atoms with Crippen molar-refractivity contribution in [3.05, 3.63) is 30.9 Å². The number of hydrogen-bond donors (Lipinski definition) is 3. The lowest BCUT2D eigenvalue weighted by molar-refractivity contribution is 0.0701. The van der Waals surface area contributed by atoms with Gasteiger partial charge in [-0.15, -0.1) is 11.3 Å². The first-order valence-corrected chi connectivity index (χ1v) is 8.71. The highest BCUT2D eigenvalue weighted by Gasteiger charge is 2.21. The molecule has 0 fully saturated rings. The molecule has 114 valence electrons. The van der Waals surface area contributed by atoms with Crippen molar-refractivity contribution in [3.63, 3.8) is 0 Å². The maximum absolute atomic E-state index is 12.1. The molecule has 0 aliphatic rings. The highest BCUT2D eigenvalue weighted by Crippen LogP contribution is 2.20. The Labute approximate surface area is 127 Å². The highest BCUT2D eigenvalue weighted by molar-refractivity contribution is 7.91. The first-order valence-electron chi connectivity index (χ1n) is 5.59. The SMILES string of the molecule is Cc1nc(CNS(=O)(=O)c2sc(=O)[nH]c2C)sc1C(=O)O. The van der Waals surface area contributed by atoms with E-state index in [4.69, 9.17) is 5.11 Å². The Bertz CT molecular complexity index is 846. The molecule has 0 aliphatic carbocycles. The van der Waals surface area contributed by atoms with Crippen LogP contribution >= 0.6 is 22.7 Å². The summed E-state index contributed by atoms with van der Waals surface area (Å²) in [5, 5.41) is 9.26. The van der Waals surface area contributed by atoms with Gasteiger partial charge in [0.05, 0.1) is 12.2 Å². The van der Waals surface area contributed by atoms with E-state index in [1.807, 2.05) is 0 Å². The average molecular weight is 349 g/mol. The molecule has 0 bridgehead atoms. The van der Waals surface area contributed by atoms with Crippen LogP contribution in [0.1, 0.15) is 26.1 Å². The van der Waals surface area contributed by atoms with Crippen LogP contribution in [-0.2, 0) is 16.6 Å². The van der Waals surface area contributed by atoms with Crippen molar-refractivity contribution in [3.8, 4) is 0 Å². The van der Waals surface area contributed by atoms with Crippen LogP contribution in [0, 0.1) is 13.8 Å². The zero-order chi connectivity index (χ0) is 15.8. The topological polar surface area (TPSA) is 129 Å². The van der Waals surface area contributed by atoms with Gasteiger partial charge in [-0.2, -0.15) is 0 Å².